The highest BCUT2D eigenvalue weighted by Gasteiger charge is 2.06. The van der Waals surface area contributed by atoms with Crippen molar-refractivity contribution in [1.82, 2.24) is 10.6 Å². The molecule has 0 unspecified atom stereocenters. The highest BCUT2D eigenvalue weighted by molar-refractivity contribution is 5.85. The van der Waals surface area contributed by atoms with Gasteiger partial charge >= 0.3 is 0 Å². The third-order valence-corrected chi connectivity index (χ3v) is 2.27. The molecule has 0 saturated carbocycles. The van der Waals surface area contributed by atoms with E-state index in [-0.39, 0.29) is 30.6 Å². The maximum absolute atomic E-state index is 12.9. The molecule has 2 N–H and O–H groups in total. The van der Waals surface area contributed by atoms with Gasteiger partial charge in [0.25, 0.3) is 0 Å². The number of carbonyl (C=O) groups excluding carboxylic acids is 2. The van der Waals surface area contributed by atoms with Crippen LogP contribution in [0.1, 0.15) is 18.9 Å². The largest absolute Gasteiger partial charge is 0.355 e. The quantitative estimate of drug-likeness (QED) is 0.794. The number of hydrogen-bond donors (Lipinski definition) is 2. The molecule has 0 atom stereocenters. The Labute approximate surface area is 106 Å². The number of rotatable bonds is 6. The number of carbonyl (C=O) groups is 2. The van der Waals surface area contributed by atoms with Gasteiger partial charge in [-0.2, -0.15) is 0 Å². The van der Waals surface area contributed by atoms with Gasteiger partial charge in [0.05, 0.1) is 13.0 Å². The summed E-state index contributed by atoms with van der Waals surface area (Å²) in [6.07, 6.45) is 0.918. The molecule has 1 rings (SSSR count). The Kier molecular flexibility index (Phi) is 5.84. The summed E-state index contributed by atoms with van der Waals surface area (Å²) in [4.78, 5) is 22.7. The SMILES string of the molecule is CCCNC(=O)CNC(=O)Cc1cccc(F)c1. The summed E-state index contributed by atoms with van der Waals surface area (Å²) in [6.45, 7) is 2.50. The first kappa shape index (κ1) is 14.2. The summed E-state index contributed by atoms with van der Waals surface area (Å²) in [5.74, 6) is -0.891. The molecule has 0 aliphatic carbocycles. The maximum Gasteiger partial charge on any atom is 0.239 e. The molecule has 0 bridgehead atoms. The van der Waals surface area contributed by atoms with Crippen molar-refractivity contribution in [3.05, 3.63) is 35.6 Å². The van der Waals surface area contributed by atoms with Crippen LogP contribution in [0, 0.1) is 5.82 Å². The molecule has 0 aromatic heterocycles. The first-order valence-electron chi connectivity index (χ1n) is 5.89. The lowest BCUT2D eigenvalue weighted by atomic mass is 10.1. The van der Waals surface area contributed by atoms with Crippen molar-refractivity contribution in [2.24, 2.45) is 0 Å². The minimum absolute atomic E-state index is 0.0475. The van der Waals surface area contributed by atoms with E-state index in [0.717, 1.165) is 6.42 Å². The van der Waals surface area contributed by atoms with E-state index < -0.39 is 0 Å². The Morgan fingerprint density at radius 3 is 2.67 bits per heavy atom. The molecule has 2 amide bonds. The Morgan fingerprint density at radius 1 is 1.22 bits per heavy atom. The zero-order valence-corrected chi connectivity index (χ0v) is 10.3. The van der Waals surface area contributed by atoms with Gasteiger partial charge in [-0.05, 0) is 24.1 Å². The molecule has 18 heavy (non-hydrogen) atoms. The van der Waals surface area contributed by atoms with E-state index in [0.29, 0.717) is 12.1 Å². The molecular formula is C13H17FN2O2. The molecule has 0 aliphatic rings. The third-order valence-electron chi connectivity index (χ3n) is 2.27. The Hall–Kier alpha value is -1.91. The fraction of sp³-hybridized carbons (Fsp3) is 0.385. The van der Waals surface area contributed by atoms with Crippen molar-refractivity contribution in [2.75, 3.05) is 13.1 Å². The molecule has 0 saturated heterocycles. The van der Waals surface area contributed by atoms with E-state index in [1.165, 1.54) is 12.1 Å². The summed E-state index contributed by atoms with van der Waals surface area (Å²) >= 11 is 0. The molecule has 4 nitrogen and oxygen atoms in total. The molecule has 1 aromatic rings. The van der Waals surface area contributed by atoms with Gasteiger partial charge < -0.3 is 10.6 Å². The Morgan fingerprint density at radius 2 is 2.00 bits per heavy atom. The highest BCUT2D eigenvalue weighted by atomic mass is 19.1. The van der Waals surface area contributed by atoms with E-state index in [1.807, 2.05) is 6.92 Å². The van der Waals surface area contributed by atoms with Crippen molar-refractivity contribution < 1.29 is 14.0 Å². The average Bonchev–Trinajstić information content (AvgIpc) is 2.34. The standard InChI is InChI=1S/C13H17FN2O2/c1-2-6-15-13(18)9-16-12(17)8-10-4-3-5-11(14)7-10/h3-5,7H,2,6,8-9H2,1H3,(H,15,18)(H,16,17). The smallest absolute Gasteiger partial charge is 0.239 e. The first-order chi connectivity index (χ1) is 8.61. The Balaban J connectivity index is 2.31. The van der Waals surface area contributed by atoms with Crippen LogP contribution in [-0.4, -0.2) is 24.9 Å². The van der Waals surface area contributed by atoms with Crippen LogP contribution in [0.25, 0.3) is 0 Å². The van der Waals surface area contributed by atoms with E-state index in [1.54, 1.807) is 12.1 Å². The molecule has 1 aromatic carbocycles. The maximum atomic E-state index is 12.9. The summed E-state index contributed by atoms with van der Waals surface area (Å²) in [5.41, 5.74) is 0.585. The van der Waals surface area contributed by atoms with Crippen LogP contribution in [0.4, 0.5) is 4.39 Å². The van der Waals surface area contributed by atoms with E-state index in [9.17, 15) is 14.0 Å². The average molecular weight is 252 g/mol. The minimum atomic E-state index is -0.374. The van der Waals surface area contributed by atoms with E-state index in [4.69, 9.17) is 0 Å². The summed E-state index contributed by atoms with van der Waals surface area (Å²) in [6, 6.07) is 5.84. The fourth-order valence-corrected chi connectivity index (χ4v) is 1.40. The molecule has 5 heteroatoms. The van der Waals surface area contributed by atoms with Crippen molar-refractivity contribution >= 4 is 11.8 Å². The van der Waals surface area contributed by atoms with Gasteiger partial charge in [-0.25, -0.2) is 4.39 Å². The van der Waals surface area contributed by atoms with Crippen molar-refractivity contribution in [1.29, 1.82) is 0 Å². The summed E-state index contributed by atoms with van der Waals surface area (Å²) in [7, 11) is 0. The number of halogens is 1. The van der Waals surface area contributed by atoms with Gasteiger partial charge in [0, 0.05) is 6.54 Å². The van der Waals surface area contributed by atoms with Gasteiger partial charge in [-0.1, -0.05) is 19.1 Å². The lowest BCUT2D eigenvalue weighted by molar-refractivity contribution is -0.125. The summed E-state index contributed by atoms with van der Waals surface area (Å²) in [5, 5.41) is 5.13. The number of amides is 2. The van der Waals surface area contributed by atoms with Crippen LogP contribution in [-0.2, 0) is 16.0 Å². The van der Waals surface area contributed by atoms with Crippen molar-refractivity contribution in [2.45, 2.75) is 19.8 Å². The zero-order chi connectivity index (χ0) is 13.4. The minimum Gasteiger partial charge on any atom is -0.355 e. The normalized spacial score (nSPS) is 9.89. The molecule has 98 valence electrons. The first-order valence-corrected chi connectivity index (χ1v) is 5.89. The second-order valence-corrected chi connectivity index (χ2v) is 3.93. The second kappa shape index (κ2) is 7.42. The van der Waals surface area contributed by atoms with Gasteiger partial charge in [0.1, 0.15) is 5.82 Å². The monoisotopic (exact) mass is 252 g/mol. The topological polar surface area (TPSA) is 58.2 Å². The molecule has 0 heterocycles. The predicted molar refractivity (Wildman–Crippen MR) is 66.4 cm³/mol. The molecular weight excluding hydrogens is 235 g/mol. The van der Waals surface area contributed by atoms with Gasteiger partial charge in [-0.15, -0.1) is 0 Å². The number of hydrogen-bond acceptors (Lipinski definition) is 2. The third kappa shape index (κ3) is 5.43. The lowest BCUT2D eigenvalue weighted by Gasteiger charge is -2.06. The van der Waals surface area contributed by atoms with Crippen LogP contribution in [0.2, 0.25) is 0 Å². The number of benzene rings is 1. The Bertz CT molecular complexity index is 421. The molecule has 0 radical (unpaired) electrons. The number of nitrogens with one attached hydrogen (secondary N) is 2. The predicted octanol–water partition coefficient (Wildman–Crippen LogP) is 1.01. The second-order valence-electron chi connectivity index (χ2n) is 3.93. The van der Waals surface area contributed by atoms with Crippen LogP contribution in [0.15, 0.2) is 24.3 Å². The van der Waals surface area contributed by atoms with Crippen molar-refractivity contribution in [3.8, 4) is 0 Å². The van der Waals surface area contributed by atoms with E-state index >= 15 is 0 Å². The lowest BCUT2D eigenvalue weighted by Crippen LogP contribution is -2.37. The molecule has 0 aliphatic heterocycles. The zero-order valence-electron chi connectivity index (χ0n) is 10.3. The van der Waals surface area contributed by atoms with Gasteiger partial charge in [-0.3, -0.25) is 9.59 Å². The van der Waals surface area contributed by atoms with Crippen LogP contribution in [0.3, 0.4) is 0 Å². The fourth-order valence-electron chi connectivity index (χ4n) is 1.40. The summed E-state index contributed by atoms with van der Waals surface area (Å²) < 4.78 is 12.9. The van der Waals surface area contributed by atoms with Crippen LogP contribution < -0.4 is 10.6 Å². The highest BCUT2D eigenvalue weighted by Crippen LogP contribution is 2.03. The van der Waals surface area contributed by atoms with Gasteiger partial charge in [0.2, 0.25) is 11.8 Å². The van der Waals surface area contributed by atoms with E-state index in [2.05, 4.69) is 10.6 Å². The van der Waals surface area contributed by atoms with Crippen LogP contribution >= 0.6 is 0 Å². The molecule has 0 fully saturated rings. The van der Waals surface area contributed by atoms with Crippen LogP contribution in [0.5, 0.6) is 0 Å². The van der Waals surface area contributed by atoms with Crippen molar-refractivity contribution in [3.63, 3.8) is 0 Å². The molecule has 0 spiro atoms. The van der Waals surface area contributed by atoms with Gasteiger partial charge in [0.15, 0.2) is 0 Å².